The van der Waals surface area contributed by atoms with Gasteiger partial charge >= 0.3 is 6.18 Å². The number of hydrogen-bond donors (Lipinski definition) is 2. The smallest absolute Gasteiger partial charge is 0.380 e. The van der Waals surface area contributed by atoms with Crippen molar-refractivity contribution in [2.24, 2.45) is 5.92 Å². The molecular formula is C9H15F3O4S. The summed E-state index contributed by atoms with van der Waals surface area (Å²) in [6.45, 7) is 0. The van der Waals surface area contributed by atoms with Gasteiger partial charge in [0.05, 0.1) is 5.75 Å². The maximum atomic E-state index is 12.4. The molecule has 102 valence electrons. The molecule has 0 spiro atoms. The van der Waals surface area contributed by atoms with E-state index >= 15 is 0 Å². The summed E-state index contributed by atoms with van der Waals surface area (Å²) >= 11 is 0. The Bertz CT molecular complexity index is 355. The van der Waals surface area contributed by atoms with Gasteiger partial charge in [0, 0.05) is 0 Å². The van der Waals surface area contributed by atoms with Crippen molar-refractivity contribution in [2.75, 3.05) is 5.75 Å². The van der Waals surface area contributed by atoms with Gasteiger partial charge in [0.25, 0.3) is 10.1 Å². The number of rotatable bonds is 3. The van der Waals surface area contributed by atoms with Crippen LogP contribution in [0.3, 0.4) is 0 Å². The van der Waals surface area contributed by atoms with Crippen molar-refractivity contribution in [3.8, 4) is 0 Å². The van der Waals surface area contributed by atoms with Crippen molar-refractivity contribution in [1.29, 1.82) is 0 Å². The van der Waals surface area contributed by atoms with Gasteiger partial charge in [-0.3, -0.25) is 4.55 Å². The monoisotopic (exact) mass is 276 g/mol. The van der Waals surface area contributed by atoms with Crippen molar-refractivity contribution < 1.29 is 31.2 Å². The first kappa shape index (κ1) is 14.7. The van der Waals surface area contributed by atoms with E-state index in [9.17, 15) is 26.7 Å². The molecule has 0 saturated heterocycles. The topological polar surface area (TPSA) is 74.6 Å². The molecule has 0 aromatic carbocycles. The van der Waals surface area contributed by atoms with Crippen LogP contribution in [0.2, 0.25) is 0 Å². The summed E-state index contributed by atoms with van der Waals surface area (Å²) in [5.74, 6) is -0.637. The Balaban J connectivity index is 2.46. The van der Waals surface area contributed by atoms with Crippen LogP contribution < -0.4 is 0 Å². The normalized spacial score (nSPS) is 31.5. The molecule has 1 rings (SSSR count). The van der Waals surface area contributed by atoms with Crippen LogP contribution >= 0.6 is 0 Å². The van der Waals surface area contributed by atoms with Crippen LogP contribution in [-0.2, 0) is 10.1 Å². The van der Waals surface area contributed by atoms with E-state index in [4.69, 9.17) is 4.55 Å². The Hall–Kier alpha value is -0.340. The van der Waals surface area contributed by atoms with Gasteiger partial charge < -0.3 is 5.11 Å². The Morgan fingerprint density at radius 2 is 1.71 bits per heavy atom. The molecule has 1 aliphatic rings. The van der Waals surface area contributed by atoms with Crippen LogP contribution in [0.1, 0.15) is 32.1 Å². The third-order valence-electron chi connectivity index (χ3n) is 3.24. The van der Waals surface area contributed by atoms with Gasteiger partial charge in [-0.1, -0.05) is 0 Å². The molecule has 17 heavy (non-hydrogen) atoms. The van der Waals surface area contributed by atoms with Crippen LogP contribution in [0, 0.1) is 5.92 Å². The van der Waals surface area contributed by atoms with Gasteiger partial charge in [-0.25, -0.2) is 0 Å². The molecular weight excluding hydrogens is 261 g/mol. The highest BCUT2D eigenvalue weighted by Crippen LogP contribution is 2.43. The molecule has 0 aromatic rings. The lowest BCUT2D eigenvalue weighted by atomic mass is 9.77. The Morgan fingerprint density at radius 1 is 1.24 bits per heavy atom. The second kappa shape index (κ2) is 4.74. The van der Waals surface area contributed by atoms with Gasteiger partial charge in [0.1, 0.15) is 0 Å². The summed E-state index contributed by atoms with van der Waals surface area (Å²) in [7, 11) is -4.07. The van der Waals surface area contributed by atoms with E-state index in [2.05, 4.69) is 0 Å². The van der Waals surface area contributed by atoms with E-state index in [0.29, 0.717) is 0 Å². The van der Waals surface area contributed by atoms with E-state index in [-0.39, 0.29) is 25.2 Å². The molecule has 0 unspecified atom stereocenters. The highest BCUT2D eigenvalue weighted by molar-refractivity contribution is 7.85. The Morgan fingerprint density at radius 3 is 2.06 bits per heavy atom. The second-order valence-corrected chi connectivity index (χ2v) is 6.12. The summed E-state index contributed by atoms with van der Waals surface area (Å²) in [6.07, 6.45) is -5.09. The second-order valence-electron chi connectivity index (χ2n) is 4.55. The van der Waals surface area contributed by atoms with E-state index in [1.54, 1.807) is 0 Å². The van der Waals surface area contributed by atoms with E-state index in [0.717, 1.165) is 0 Å². The fraction of sp³-hybridized carbons (Fsp3) is 1.00. The Labute approximate surface area is 97.6 Å². The van der Waals surface area contributed by atoms with Crippen LogP contribution in [0.4, 0.5) is 13.2 Å². The minimum absolute atomic E-state index is 0.117. The lowest BCUT2D eigenvalue weighted by molar-refractivity contribution is -0.272. The first-order valence-electron chi connectivity index (χ1n) is 5.28. The lowest BCUT2D eigenvalue weighted by Crippen LogP contribution is -2.47. The van der Waals surface area contributed by atoms with Gasteiger partial charge in [-0.2, -0.15) is 21.6 Å². The van der Waals surface area contributed by atoms with E-state index in [1.807, 2.05) is 0 Å². The quantitative estimate of drug-likeness (QED) is 0.770. The molecule has 1 fully saturated rings. The molecule has 0 aromatic heterocycles. The van der Waals surface area contributed by atoms with Crippen molar-refractivity contribution in [2.45, 2.75) is 43.9 Å². The van der Waals surface area contributed by atoms with Crippen LogP contribution in [0.25, 0.3) is 0 Å². The summed E-state index contributed by atoms with van der Waals surface area (Å²) in [4.78, 5) is 0. The maximum absolute atomic E-state index is 12.4. The molecule has 0 atom stereocenters. The number of halogens is 3. The third kappa shape index (κ3) is 4.11. The molecule has 1 aliphatic carbocycles. The lowest BCUT2D eigenvalue weighted by Gasteiger charge is -2.37. The van der Waals surface area contributed by atoms with Gasteiger partial charge in [-0.05, 0) is 38.0 Å². The zero-order chi connectivity index (χ0) is 13.3. The molecule has 0 bridgehead atoms. The average Bonchev–Trinajstić information content (AvgIpc) is 2.14. The summed E-state index contributed by atoms with van der Waals surface area (Å²) in [6, 6.07) is 0. The van der Waals surface area contributed by atoms with Crippen LogP contribution in [-0.4, -0.2) is 35.6 Å². The van der Waals surface area contributed by atoms with Crippen LogP contribution in [0.5, 0.6) is 0 Å². The third-order valence-corrected chi connectivity index (χ3v) is 4.00. The minimum Gasteiger partial charge on any atom is -0.380 e. The fourth-order valence-corrected chi connectivity index (χ4v) is 2.67. The summed E-state index contributed by atoms with van der Waals surface area (Å²) in [5, 5.41) is 9.36. The zero-order valence-corrected chi connectivity index (χ0v) is 9.89. The standard InChI is InChI=1S/C9H15F3O4S/c10-9(11,12)8(13)4-1-7(2-5-8)3-6-17(14,15)16/h7,13H,1-6H2,(H,14,15,16). The Kier molecular flexibility index (Phi) is 4.10. The van der Waals surface area contributed by atoms with Crippen molar-refractivity contribution in [1.82, 2.24) is 0 Å². The number of hydrogen-bond acceptors (Lipinski definition) is 3. The summed E-state index contributed by atoms with van der Waals surface area (Å²) in [5.41, 5.74) is -2.64. The molecule has 8 heteroatoms. The van der Waals surface area contributed by atoms with Crippen molar-refractivity contribution in [3.63, 3.8) is 0 Å². The summed E-state index contributed by atoms with van der Waals surface area (Å²) < 4.78 is 66.8. The maximum Gasteiger partial charge on any atom is 0.417 e. The SMILES string of the molecule is O=S(=O)(O)CCC1CCC(O)(C(F)(F)F)CC1. The first-order valence-corrected chi connectivity index (χ1v) is 6.89. The van der Waals surface area contributed by atoms with Crippen LogP contribution in [0.15, 0.2) is 0 Å². The fourth-order valence-electron chi connectivity index (χ4n) is 2.04. The van der Waals surface area contributed by atoms with E-state index in [1.165, 1.54) is 0 Å². The molecule has 0 radical (unpaired) electrons. The first-order chi connectivity index (χ1) is 7.54. The molecule has 1 saturated carbocycles. The van der Waals surface area contributed by atoms with Gasteiger partial charge in [-0.15, -0.1) is 0 Å². The van der Waals surface area contributed by atoms with Gasteiger partial charge in [0.2, 0.25) is 0 Å². The largest absolute Gasteiger partial charge is 0.417 e. The highest BCUT2D eigenvalue weighted by atomic mass is 32.2. The number of alkyl halides is 3. The molecule has 0 amide bonds. The van der Waals surface area contributed by atoms with Crippen molar-refractivity contribution in [3.05, 3.63) is 0 Å². The number of aliphatic hydroxyl groups is 1. The minimum atomic E-state index is -4.64. The zero-order valence-electron chi connectivity index (χ0n) is 9.07. The molecule has 0 heterocycles. The highest BCUT2D eigenvalue weighted by Gasteiger charge is 2.54. The van der Waals surface area contributed by atoms with Crippen molar-refractivity contribution >= 4 is 10.1 Å². The predicted molar refractivity (Wildman–Crippen MR) is 54.0 cm³/mol. The molecule has 0 aliphatic heterocycles. The predicted octanol–water partition coefficient (Wildman–Crippen LogP) is 1.75. The van der Waals surface area contributed by atoms with Gasteiger partial charge in [0.15, 0.2) is 5.60 Å². The molecule has 2 N–H and O–H groups in total. The molecule has 4 nitrogen and oxygen atoms in total. The average molecular weight is 276 g/mol. The van der Waals surface area contributed by atoms with E-state index < -0.39 is 40.5 Å².